The highest BCUT2D eigenvalue weighted by molar-refractivity contribution is 6.32. The molecular formula is C18H10ClF5N2O. The van der Waals surface area contributed by atoms with E-state index in [1.54, 1.807) is 6.07 Å². The maximum Gasteiger partial charge on any atom is 0.416 e. The van der Waals surface area contributed by atoms with E-state index in [1.807, 2.05) is 0 Å². The highest BCUT2D eigenvalue weighted by atomic mass is 35.5. The number of carbonyl (C=O) groups excluding carboxylic acids is 1. The number of hydrogen-bond acceptors (Lipinski definition) is 2. The molecule has 1 atom stereocenters. The van der Waals surface area contributed by atoms with Crippen molar-refractivity contribution in [2.24, 2.45) is 0 Å². The van der Waals surface area contributed by atoms with Crippen LogP contribution >= 0.6 is 11.6 Å². The van der Waals surface area contributed by atoms with Gasteiger partial charge in [0.2, 0.25) is 5.91 Å². The first-order valence-electron chi connectivity index (χ1n) is 7.31. The first-order chi connectivity index (χ1) is 12.6. The van der Waals surface area contributed by atoms with Gasteiger partial charge < -0.3 is 5.32 Å². The van der Waals surface area contributed by atoms with Gasteiger partial charge in [-0.1, -0.05) is 17.7 Å². The quantitative estimate of drug-likeness (QED) is 0.578. The fourth-order valence-electron chi connectivity index (χ4n) is 2.12. The second kappa shape index (κ2) is 8.18. The summed E-state index contributed by atoms with van der Waals surface area (Å²) in [7, 11) is 0. The van der Waals surface area contributed by atoms with Gasteiger partial charge in [0.1, 0.15) is 17.7 Å². The molecule has 0 aliphatic heterocycles. The summed E-state index contributed by atoms with van der Waals surface area (Å²) in [6, 6.07) is 5.31. The van der Waals surface area contributed by atoms with E-state index in [4.69, 9.17) is 16.9 Å². The number of amides is 1. The summed E-state index contributed by atoms with van der Waals surface area (Å²) >= 11 is 5.81. The third-order valence-corrected chi connectivity index (χ3v) is 3.77. The lowest BCUT2D eigenvalue weighted by atomic mass is 10.1. The van der Waals surface area contributed by atoms with Gasteiger partial charge in [0.15, 0.2) is 0 Å². The van der Waals surface area contributed by atoms with Crippen LogP contribution in [-0.4, -0.2) is 5.91 Å². The van der Waals surface area contributed by atoms with E-state index in [9.17, 15) is 26.7 Å². The number of benzene rings is 2. The summed E-state index contributed by atoms with van der Waals surface area (Å²) in [4.78, 5) is 11.9. The van der Waals surface area contributed by atoms with Crippen LogP contribution in [0.2, 0.25) is 5.02 Å². The van der Waals surface area contributed by atoms with Crippen molar-refractivity contribution in [3.63, 3.8) is 0 Å². The van der Waals surface area contributed by atoms with Crippen molar-refractivity contribution in [2.45, 2.75) is 12.2 Å². The van der Waals surface area contributed by atoms with Gasteiger partial charge in [-0.15, -0.1) is 0 Å². The molecule has 1 unspecified atom stereocenters. The van der Waals surface area contributed by atoms with Gasteiger partial charge in [-0.3, -0.25) is 4.79 Å². The fraction of sp³-hybridized carbons (Fsp3) is 0.111. The van der Waals surface area contributed by atoms with Crippen molar-refractivity contribution in [2.75, 3.05) is 0 Å². The van der Waals surface area contributed by atoms with Gasteiger partial charge in [-0.05, 0) is 35.9 Å². The van der Waals surface area contributed by atoms with E-state index in [2.05, 4.69) is 5.32 Å². The van der Waals surface area contributed by atoms with E-state index < -0.39 is 35.3 Å². The number of nitrogens with zero attached hydrogens (tertiary/aromatic N) is 1. The number of nitrogens with one attached hydrogen (secondary N) is 1. The van der Waals surface area contributed by atoms with Gasteiger partial charge in [0.05, 0.1) is 11.6 Å². The van der Waals surface area contributed by atoms with E-state index in [0.717, 1.165) is 42.5 Å². The molecule has 0 bridgehead atoms. The van der Waals surface area contributed by atoms with E-state index in [0.29, 0.717) is 6.07 Å². The molecule has 0 aliphatic rings. The van der Waals surface area contributed by atoms with Crippen molar-refractivity contribution in [3.8, 4) is 6.07 Å². The van der Waals surface area contributed by atoms with Crippen LogP contribution in [0.3, 0.4) is 0 Å². The molecule has 3 nitrogen and oxygen atoms in total. The lowest BCUT2D eigenvalue weighted by molar-refractivity contribution is -0.137. The zero-order chi connectivity index (χ0) is 20.2. The Morgan fingerprint density at radius 2 is 1.89 bits per heavy atom. The summed E-state index contributed by atoms with van der Waals surface area (Å²) in [5.74, 6) is -2.75. The molecule has 0 saturated heterocycles. The third-order valence-electron chi connectivity index (χ3n) is 3.43. The molecule has 1 N–H and O–H groups in total. The fourth-order valence-corrected chi connectivity index (χ4v) is 2.30. The van der Waals surface area contributed by atoms with E-state index in [-0.39, 0.29) is 16.1 Å². The van der Waals surface area contributed by atoms with Crippen molar-refractivity contribution >= 4 is 23.6 Å². The van der Waals surface area contributed by atoms with Crippen LogP contribution in [0.15, 0.2) is 42.5 Å². The molecule has 140 valence electrons. The second-order valence-corrected chi connectivity index (χ2v) is 5.71. The average molecular weight is 401 g/mol. The molecule has 9 heteroatoms. The third kappa shape index (κ3) is 5.28. The molecular weight excluding hydrogens is 391 g/mol. The van der Waals surface area contributed by atoms with Gasteiger partial charge >= 0.3 is 6.18 Å². The van der Waals surface area contributed by atoms with Crippen molar-refractivity contribution in [1.29, 1.82) is 5.26 Å². The van der Waals surface area contributed by atoms with Gasteiger partial charge in [-0.25, -0.2) is 8.78 Å². The smallest absolute Gasteiger partial charge is 0.333 e. The number of halogens is 6. The van der Waals surface area contributed by atoms with Crippen LogP contribution < -0.4 is 5.32 Å². The topological polar surface area (TPSA) is 52.9 Å². The molecule has 0 heterocycles. The normalized spacial score (nSPS) is 12.6. The lowest BCUT2D eigenvalue weighted by Gasteiger charge is -2.11. The predicted molar refractivity (Wildman–Crippen MR) is 88.3 cm³/mol. The number of alkyl halides is 3. The van der Waals surface area contributed by atoms with Crippen LogP contribution in [0.5, 0.6) is 0 Å². The standard InChI is InChI=1S/C18H10ClF5N2O/c19-14-5-2-11(18(22,23)24)7-10(14)1-6-17(27)26-16(9-25)13-4-3-12(20)8-15(13)21/h1-8,16H,(H,26,27)/b6-1+. The number of carbonyl (C=O) groups is 1. The summed E-state index contributed by atoms with van der Waals surface area (Å²) in [6.07, 6.45) is -2.70. The minimum atomic E-state index is -4.58. The maximum atomic E-state index is 13.7. The number of rotatable bonds is 4. The Morgan fingerprint density at radius 3 is 2.48 bits per heavy atom. The first kappa shape index (κ1) is 20.4. The highest BCUT2D eigenvalue weighted by Gasteiger charge is 2.30. The van der Waals surface area contributed by atoms with E-state index >= 15 is 0 Å². The van der Waals surface area contributed by atoms with Crippen LogP contribution in [-0.2, 0) is 11.0 Å². The molecule has 27 heavy (non-hydrogen) atoms. The predicted octanol–water partition coefficient (Wildman–Crippen LogP) is 5.03. The first-order valence-corrected chi connectivity index (χ1v) is 7.69. The largest absolute Gasteiger partial charge is 0.416 e. The summed E-state index contributed by atoms with van der Waals surface area (Å²) in [5, 5.41) is 11.2. The number of nitriles is 1. The summed E-state index contributed by atoms with van der Waals surface area (Å²) < 4.78 is 64.8. The Balaban J connectivity index is 2.18. The highest BCUT2D eigenvalue weighted by Crippen LogP contribution is 2.32. The Morgan fingerprint density at radius 1 is 1.19 bits per heavy atom. The van der Waals surface area contributed by atoms with Crippen LogP contribution in [0.25, 0.3) is 6.08 Å². The Labute approximate surface area is 155 Å². The van der Waals surface area contributed by atoms with Gasteiger partial charge in [-0.2, -0.15) is 18.4 Å². The summed E-state index contributed by atoms with van der Waals surface area (Å²) in [6.45, 7) is 0. The van der Waals surface area contributed by atoms with Crippen LogP contribution in [0.4, 0.5) is 22.0 Å². The Kier molecular flexibility index (Phi) is 6.18. The minimum absolute atomic E-state index is 0.0199. The van der Waals surface area contributed by atoms with Crippen molar-refractivity contribution in [3.05, 3.63) is 75.8 Å². The lowest BCUT2D eigenvalue weighted by Crippen LogP contribution is -2.26. The zero-order valence-corrected chi connectivity index (χ0v) is 14.1. The van der Waals surface area contributed by atoms with Gasteiger partial charge in [0, 0.05) is 22.7 Å². The van der Waals surface area contributed by atoms with Gasteiger partial charge in [0.25, 0.3) is 0 Å². The molecule has 2 rings (SSSR count). The van der Waals surface area contributed by atoms with Crippen LogP contribution in [0.1, 0.15) is 22.7 Å². The molecule has 0 spiro atoms. The molecule has 0 aliphatic carbocycles. The second-order valence-electron chi connectivity index (χ2n) is 5.30. The number of hydrogen-bond donors (Lipinski definition) is 1. The van der Waals surface area contributed by atoms with Crippen molar-refractivity contribution < 1.29 is 26.7 Å². The molecule has 0 radical (unpaired) electrons. The average Bonchev–Trinajstić information content (AvgIpc) is 2.58. The molecule has 0 saturated carbocycles. The molecule has 1 amide bonds. The van der Waals surface area contributed by atoms with Crippen molar-refractivity contribution in [1.82, 2.24) is 5.32 Å². The molecule has 0 aromatic heterocycles. The molecule has 2 aromatic carbocycles. The zero-order valence-electron chi connectivity index (χ0n) is 13.3. The maximum absolute atomic E-state index is 13.7. The van der Waals surface area contributed by atoms with E-state index in [1.165, 1.54) is 0 Å². The summed E-state index contributed by atoms with van der Waals surface area (Å²) in [5.41, 5.74) is -1.27. The molecule has 0 fully saturated rings. The Hall–Kier alpha value is -2.92. The molecule has 2 aromatic rings. The minimum Gasteiger partial charge on any atom is -0.333 e. The SMILES string of the molecule is N#CC(NC(=O)/C=C/c1cc(C(F)(F)F)ccc1Cl)c1ccc(F)cc1F. The monoisotopic (exact) mass is 400 g/mol. The van der Waals surface area contributed by atoms with Crippen LogP contribution in [0, 0.1) is 23.0 Å². The Bertz CT molecular complexity index is 934.